The summed E-state index contributed by atoms with van der Waals surface area (Å²) in [6, 6.07) is 7.01. The lowest BCUT2D eigenvalue weighted by Gasteiger charge is -2.12. The first kappa shape index (κ1) is 17.8. The highest BCUT2D eigenvalue weighted by molar-refractivity contribution is 7.12. The molecular weight excluding hydrogens is 364 g/mol. The van der Waals surface area contributed by atoms with Crippen LogP contribution in [0.3, 0.4) is 0 Å². The van der Waals surface area contributed by atoms with Crippen molar-refractivity contribution in [1.29, 1.82) is 0 Å². The Labute approximate surface area is 154 Å². The van der Waals surface area contributed by atoms with Crippen molar-refractivity contribution in [2.75, 3.05) is 13.2 Å². The maximum absolute atomic E-state index is 11.9. The molecule has 5 nitrogen and oxygen atoms in total. The molecule has 0 N–H and O–H groups in total. The van der Waals surface area contributed by atoms with Gasteiger partial charge in [0.25, 0.3) is 0 Å². The average molecular weight is 381 g/mol. The van der Waals surface area contributed by atoms with Crippen LogP contribution in [0.4, 0.5) is 0 Å². The van der Waals surface area contributed by atoms with Crippen LogP contribution in [0.1, 0.15) is 34.5 Å². The molecule has 1 aromatic carbocycles. The van der Waals surface area contributed by atoms with Gasteiger partial charge in [-0.05, 0) is 29.1 Å². The second kappa shape index (κ2) is 8.36. The van der Waals surface area contributed by atoms with E-state index in [2.05, 4.69) is 0 Å². The Kier molecular flexibility index (Phi) is 5.94. The fourth-order valence-electron chi connectivity index (χ4n) is 2.38. The SMILES string of the molecule is O=C(CCC(=O)c1cccs1)OCc1cc(Cl)c2c(c1)OCCCO2. The fraction of sp³-hybridized carbons (Fsp3) is 0.333. The van der Waals surface area contributed by atoms with Crippen molar-refractivity contribution in [2.45, 2.75) is 25.9 Å². The third-order valence-corrected chi connectivity index (χ3v) is 4.81. The van der Waals surface area contributed by atoms with Gasteiger partial charge in [0.15, 0.2) is 17.3 Å². The lowest BCUT2D eigenvalue weighted by Crippen LogP contribution is -2.08. The van der Waals surface area contributed by atoms with E-state index in [9.17, 15) is 9.59 Å². The molecule has 1 aliphatic heterocycles. The summed E-state index contributed by atoms with van der Waals surface area (Å²) >= 11 is 7.57. The smallest absolute Gasteiger partial charge is 0.306 e. The lowest BCUT2D eigenvalue weighted by molar-refractivity contribution is -0.144. The quantitative estimate of drug-likeness (QED) is 0.553. The minimum absolute atomic E-state index is 0.0504. The highest BCUT2D eigenvalue weighted by Gasteiger charge is 2.17. The van der Waals surface area contributed by atoms with Crippen molar-refractivity contribution < 1.29 is 23.8 Å². The Balaban J connectivity index is 1.53. The number of hydrogen-bond donors (Lipinski definition) is 0. The van der Waals surface area contributed by atoms with Gasteiger partial charge in [-0.25, -0.2) is 0 Å². The van der Waals surface area contributed by atoms with Crippen LogP contribution in [0.25, 0.3) is 0 Å². The number of benzene rings is 1. The van der Waals surface area contributed by atoms with Gasteiger partial charge in [-0.3, -0.25) is 9.59 Å². The molecule has 0 saturated carbocycles. The van der Waals surface area contributed by atoms with Crippen LogP contribution >= 0.6 is 22.9 Å². The summed E-state index contributed by atoms with van der Waals surface area (Å²) in [4.78, 5) is 24.4. The van der Waals surface area contributed by atoms with E-state index in [4.69, 9.17) is 25.8 Å². The third-order valence-electron chi connectivity index (χ3n) is 3.61. The molecular formula is C18H17ClO5S. The first-order chi connectivity index (χ1) is 12.1. The van der Waals surface area contributed by atoms with Gasteiger partial charge in [0.2, 0.25) is 0 Å². The molecule has 7 heteroatoms. The number of fused-ring (bicyclic) bond motifs is 1. The molecule has 0 spiro atoms. The van der Waals surface area contributed by atoms with E-state index in [1.165, 1.54) is 11.3 Å². The van der Waals surface area contributed by atoms with Gasteiger partial charge in [-0.1, -0.05) is 17.7 Å². The van der Waals surface area contributed by atoms with Crippen LogP contribution in [-0.4, -0.2) is 25.0 Å². The van der Waals surface area contributed by atoms with Gasteiger partial charge < -0.3 is 14.2 Å². The molecule has 132 valence electrons. The van der Waals surface area contributed by atoms with Crippen molar-refractivity contribution in [3.63, 3.8) is 0 Å². The predicted molar refractivity (Wildman–Crippen MR) is 94.7 cm³/mol. The zero-order chi connectivity index (χ0) is 17.6. The van der Waals surface area contributed by atoms with Gasteiger partial charge in [-0.2, -0.15) is 0 Å². The van der Waals surface area contributed by atoms with Gasteiger partial charge >= 0.3 is 5.97 Å². The van der Waals surface area contributed by atoms with Crippen molar-refractivity contribution in [3.05, 3.63) is 45.1 Å². The van der Waals surface area contributed by atoms with Crippen LogP contribution in [0, 0.1) is 0 Å². The van der Waals surface area contributed by atoms with Crippen LogP contribution in [-0.2, 0) is 16.1 Å². The zero-order valence-electron chi connectivity index (χ0n) is 13.5. The number of esters is 1. The fourth-order valence-corrected chi connectivity index (χ4v) is 3.36. The summed E-state index contributed by atoms with van der Waals surface area (Å²) in [5.41, 5.74) is 0.715. The molecule has 0 bridgehead atoms. The zero-order valence-corrected chi connectivity index (χ0v) is 15.0. The molecule has 0 fully saturated rings. The molecule has 25 heavy (non-hydrogen) atoms. The Morgan fingerprint density at radius 2 is 2.04 bits per heavy atom. The summed E-state index contributed by atoms with van der Waals surface area (Å²) in [5, 5.41) is 2.26. The summed E-state index contributed by atoms with van der Waals surface area (Å²) in [7, 11) is 0. The lowest BCUT2D eigenvalue weighted by atomic mass is 10.2. The molecule has 0 unspecified atom stereocenters. The summed E-state index contributed by atoms with van der Waals surface area (Å²) in [6.45, 7) is 1.18. The van der Waals surface area contributed by atoms with Crippen LogP contribution in [0.5, 0.6) is 11.5 Å². The minimum Gasteiger partial charge on any atom is -0.489 e. The van der Waals surface area contributed by atoms with Crippen LogP contribution in [0.2, 0.25) is 5.02 Å². The second-order valence-corrected chi connectivity index (χ2v) is 6.87. The summed E-state index contributed by atoms with van der Waals surface area (Å²) in [6.07, 6.45) is 0.976. The Morgan fingerprint density at radius 3 is 2.84 bits per heavy atom. The molecule has 0 atom stereocenters. The minimum atomic E-state index is -0.423. The topological polar surface area (TPSA) is 61.8 Å². The molecule has 0 aliphatic carbocycles. The van der Waals surface area contributed by atoms with Gasteiger partial charge in [0.05, 0.1) is 29.5 Å². The molecule has 1 aromatic heterocycles. The van der Waals surface area contributed by atoms with Crippen molar-refractivity contribution in [1.82, 2.24) is 0 Å². The van der Waals surface area contributed by atoms with E-state index in [1.54, 1.807) is 18.2 Å². The van der Waals surface area contributed by atoms with E-state index in [1.807, 2.05) is 11.4 Å². The van der Waals surface area contributed by atoms with E-state index >= 15 is 0 Å². The average Bonchev–Trinajstić information content (AvgIpc) is 3.04. The monoisotopic (exact) mass is 380 g/mol. The van der Waals surface area contributed by atoms with Crippen molar-refractivity contribution in [3.8, 4) is 11.5 Å². The highest BCUT2D eigenvalue weighted by atomic mass is 35.5. The van der Waals surface area contributed by atoms with Gasteiger partial charge in [0, 0.05) is 12.8 Å². The number of hydrogen-bond acceptors (Lipinski definition) is 6. The first-order valence-corrected chi connectivity index (χ1v) is 9.19. The summed E-state index contributed by atoms with van der Waals surface area (Å²) < 4.78 is 16.4. The molecule has 0 radical (unpaired) electrons. The van der Waals surface area contributed by atoms with Gasteiger partial charge in [0.1, 0.15) is 6.61 Å². The van der Waals surface area contributed by atoms with Crippen molar-refractivity contribution in [2.24, 2.45) is 0 Å². The molecule has 1 aliphatic rings. The molecule has 2 aromatic rings. The predicted octanol–water partition coefficient (Wildman–Crippen LogP) is 4.27. The number of Topliss-reactive ketones (excluding diaryl/α,β-unsaturated/α-hetero) is 1. The Morgan fingerprint density at radius 1 is 1.20 bits per heavy atom. The number of carbonyl (C=O) groups is 2. The number of carbonyl (C=O) groups excluding carboxylic acids is 2. The highest BCUT2D eigenvalue weighted by Crippen LogP contribution is 2.38. The number of thiophene rings is 1. The maximum Gasteiger partial charge on any atom is 0.306 e. The summed E-state index contributed by atoms with van der Waals surface area (Å²) in [5.74, 6) is 0.610. The van der Waals surface area contributed by atoms with Crippen LogP contribution in [0.15, 0.2) is 29.6 Å². The largest absolute Gasteiger partial charge is 0.489 e. The number of halogens is 1. The number of rotatable bonds is 6. The molecule has 2 heterocycles. The first-order valence-electron chi connectivity index (χ1n) is 7.94. The Bertz CT molecular complexity index is 757. The molecule has 0 amide bonds. The normalized spacial score (nSPS) is 13.2. The Hall–Kier alpha value is -2.05. The van der Waals surface area contributed by atoms with Gasteiger partial charge in [-0.15, -0.1) is 11.3 Å². The van der Waals surface area contributed by atoms with E-state index in [0.717, 1.165) is 6.42 Å². The van der Waals surface area contributed by atoms with E-state index in [0.29, 0.717) is 40.2 Å². The number of ketones is 1. The van der Waals surface area contributed by atoms with E-state index < -0.39 is 5.97 Å². The van der Waals surface area contributed by atoms with E-state index in [-0.39, 0.29) is 25.2 Å². The van der Waals surface area contributed by atoms with Crippen LogP contribution < -0.4 is 9.47 Å². The molecule has 0 saturated heterocycles. The maximum atomic E-state index is 11.9. The molecule has 3 rings (SSSR count). The second-order valence-electron chi connectivity index (χ2n) is 5.52. The standard InChI is InChI=1S/C18H17ClO5S/c19-13-9-12(10-15-18(13)23-7-2-6-22-15)11-24-17(21)5-4-14(20)16-3-1-8-25-16/h1,3,8-10H,2,4-7,11H2. The third kappa shape index (κ3) is 4.74. The number of ether oxygens (including phenoxy) is 3. The van der Waals surface area contributed by atoms with Crippen molar-refractivity contribution >= 4 is 34.7 Å².